The molecule has 3 rings (SSSR count). The van der Waals surface area contributed by atoms with E-state index in [2.05, 4.69) is 15.5 Å². The number of ether oxygens (including phenoxy) is 1. The number of carbonyl (C=O) groups is 1. The maximum atomic E-state index is 13.1. The minimum atomic E-state index is -0.348. The number of rotatable bonds is 8. The van der Waals surface area contributed by atoms with Crippen molar-refractivity contribution in [3.63, 3.8) is 0 Å². The van der Waals surface area contributed by atoms with E-state index in [1.54, 1.807) is 18.4 Å². The molecular formula is C19H24FN3O3. The van der Waals surface area contributed by atoms with Crippen LogP contribution in [0.5, 0.6) is 5.75 Å². The average Bonchev–Trinajstić information content (AvgIpc) is 3.33. The van der Waals surface area contributed by atoms with Crippen LogP contribution in [0.4, 0.5) is 9.18 Å². The molecule has 1 atom stereocenters. The molecule has 1 aromatic heterocycles. The van der Waals surface area contributed by atoms with E-state index in [0.29, 0.717) is 18.8 Å². The van der Waals surface area contributed by atoms with Crippen LogP contribution in [0.2, 0.25) is 0 Å². The van der Waals surface area contributed by atoms with Crippen LogP contribution in [-0.2, 0) is 0 Å². The molecule has 140 valence electrons. The molecular weight excluding hydrogens is 337 g/mol. The van der Waals surface area contributed by atoms with Gasteiger partial charge in [0, 0.05) is 12.6 Å². The predicted molar refractivity (Wildman–Crippen MR) is 95.6 cm³/mol. The lowest BCUT2D eigenvalue weighted by Gasteiger charge is -2.26. The number of hydrogen-bond acceptors (Lipinski definition) is 4. The van der Waals surface area contributed by atoms with E-state index in [9.17, 15) is 9.18 Å². The van der Waals surface area contributed by atoms with Crippen LogP contribution in [0.3, 0.4) is 0 Å². The van der Waals surface area contributed by atoms with Gasteiger partial charge >= 0.3 is 6.03 Å². The quantitative estimate of drug-likeness (QED) is 0.710. The van der Waals surface area contributed by atoms with Crippen LogP contribution in [-0.4, -0.2) is 43.7 Å². The third-order valence-corrected chi connectivity index (χ3v) is 4.36. The summed E-state index contributed by atoms with van der Waals surface area (Å²) in [4.78, 5) is 14.3. The summed E-state index contributed by atoms with van der Waals surface area (Å²) in [6.45, 7) is 3.10. The summed E-state index contributed by atoms with van der Waals surface area (Å²) >= 11 is 0. The topological polar surface area (TPSA) is 66.7 Å². The normalized spacial score (nSPS) is 15.6. The highest BCUT2D eigenvalue weighted by atomic mass is 19.1. The zero-order chi connectivity index (χ0) is 18.2. The molecule has 2 heterocycles. The van der Waals surface area contributed by atoms with Gasteiger partial charge in [0.1, 0.15) is 23.9 Å². The molecule has 0 spiro atoms. The molecule has 1 saturated heterocycles. The number of carbonyl (C=O) groups excluding carboxylic acids is 1. The second-order valence-electron chi connectivity index (χ2n) is 6.22. The predicted octanol–water partition coefficient (Wildman–Crippen LogP) is 2.93. The highest BCUT2D eigenvalue weighted by molar-refractivity contribution is 5.73. The van der Waals surface area contributed by atoms with Crippen LogP contribution in [0.1, 0.15) is 24.6 Å². The summed E-state index contributed by atoms with van der Waals surface area (Å²) in [5.74, 6) is 0.958. The maximum absolute atomic E-state index is 13.1. The molecule has 2 N–H and O–H groups in total. The van der Waals surface area contributed by atoms with Crippen molar-refractivity contribution in [2.24, 2.45) is 0 Å². The van der Waals surface area contributed by atoms with Gasteiger partial charge in [0.2, 0.25) is 0 Å². The van der Waals surface area contributed by atoms with E-state index in [4.69, 9.17) is 9.15 Å². The van der Waals surface area contributed by atoms with Gasteiger partial charge in [-0.05, 0) is 50.2 Å². The van der Waals surface area contributed by atoms with Gasteiger partial charge < -0.3 is 19.8 Å². The molecule has 0 bridgehead atoms. The number of urea groups is 1. The number of furan rings is 1. The van der Waals surface area contributed by atoms with Crippen molar-refractivity contribution < 1.29 is 18.3 Å². The van der Waals surface area contributed by atoms with Crippen molar-refractivity contribution in [1.82, 2.24) is 15.5 Å². The monoisotopic (exact) mass is 361 g/mol. The lowest BCUT2D eigenvalue weighted by molar-refractivity contribution is 0.202. The molecule has 0 saturated carbocycles. The first-order valence-corrected chi connectivity index (χ1v) is 8.90. The number of hydrogen-bond donors (Lipinski definition) is 2. The van der Waals surface area contributed by atoms with E-state index >= 15 is 0 Å². The van der Waals surface area contributed by atoms with Gasteiger partial charge in [-0.3, -0.25) is 4.90 Å². The Morgan fingerprint density at radius 3 is 2.81 bits per heavy atom. The summed E-state index contributed by atoms with van der Waals surface area (Å²) < 4.78 is 24.0. The Kier molecular flexibility index (Phi) is 6.49. The zero-order valence-corrected chi connectivity index (χ0v) is 14.6. The summed E-state index contributed by atoms with van der Waals surface area (Å²) in [6, 6.07) is 9.51. The number of halogens is 1. The fourth-order valence-corrected chi connectivity index (χ4v) is 3.09. The Labute approximate surface area is 152 Å². The van der Waals surface area contributed by atoms with E-state index < -0.39 is 0 Å². The van der Waals surface area contributed by atoms with Gasteiger partial charge in [0.25, 0.3) is 0 Å². The summed E-state index contributed by atoms with van der Waals surface area (Å²) in [7, 11) is 0. The molecule has 1 aromatic carbocycles. The molecule has 0 aliphatic carbocycles. The smallest absolute Gasteiger partial charge is 0.314 e. The van der Waals surface area contributed by atoms with Gasteiger partial charge in [0.05, 0.1) is 18.8 Å². The lowest BCUT2D eigenvalue weighted by Crippen LogP contribution is -2.42. The molecule has 26 heavy (non-hydrogen) atoms. The maximum Gasteiger partial charge on any atom is 0.314 e. The first kappa shape index (κ1) is 18.3. The van der Waals surface area contributed by atoms with Crippen molar-refractivity contribution in [1.29, 1.82) is 0 Å². The number of benzene rings is 1. The molecule has 1 unspecified atom stereocenters. The van der Waals surface area contributed by atoms with E-state index in [0.717, 1.165) is 18.8 Å². The molecule has 6 nitrogen and oxygen atoms in total. The first-order valence-electron chi connectivity index (χ1n) is 8.90. The second-order valence-corrected chi connectivity index (χ2v) is 6.22. The second kappa shape index (κ2) is 9.24. The Bertz CT molecular complexity index is 687. The molecule has 2 aromatic rings. The van der Waals surface area contributed by atoms with Crippen LogP contribution in [0.25, 0.3) is 0 Å². The zero-order valence-electron chi connectivity index (χ0n) is 14.6. The highest BCUT2D eigenvalue weighted by Crippen LogP contribution is 2.24. The third-order valence-electron chi connectivity index (χ3n) is 4.36. The van der Waals surface area contributed by atoms with Crippen molar-refractivity contribution in [3.05, 3.63) is 54.2 Å². The van der Waals surface area contributed by atoms with Crippen LogP contribution in [0.15, 0.2) is 47.1 Å². The SMILES string of the molecule is O=C(NCCOc1cccc(F)c1)NCC(c1ccco1)N1CCCC1. The fourth-order valence-electron chi connectivity index (χ4n) is 3.09. The minimum absolute atomic E-state index is 0.0433. The summed E-state index contributed by atoms with van der Waals surface area (Å²) in [6.07, 6.45) is 3.99. The molecule has 7 heteroatoms. The van der Waals surface area contributed by atoms with E-state index in [-0.39, 0.29) is 24.5 Å². The Morgan fingerprint density at radius 2 is 2.08 bits per heavy atom. The van der Waals surface area contributed by atoms with Crippen LogP contribution >= 0.6 is 0 Å². The number of likely N-dealkylation sites (tertiary alicyclic amines) is 1. The Morgan fingerprint density at radius 1 is 1.23 bits per heavy atom. The standard InChI is InChI=1S/C19H24FN3O3/c20-15-5-3-6-16(13-15)25-12-8-21-19(24)22-14-17(18-7-4-11-26-18)23-9-1-2-10-23/h3-7,11,13,17H,1-2,8-10,12,14H2,(H2,21,22,24). The fraction of sp³-hybridized carbons (Fsp3) is 0.421. The number of amides is 2. The van der Waals surface area contributed by atoms with Crippen molar-refractivity contribution in [2.45, 2.75) is 18.9 Å². The molecule has 0 radical (unpaired) electrons. The molecule has 1 aliphatic rings. The van der Waals surface area contributed by atoms with Crippen LogP contribution < -0.4 is 15.4 Å². The Hall–Kier alpha value is -2.54. The van der Waals surface area contributed by atoms with Crippen LogP contribution in [0, 0.1) is 5.82 Å². The van der Waals surface area contributed by atoms with Crippen molar-refractivity contribution >= 4 is 6.03 Å². The lowest BCUT2D eigenvalue weighted by atomic mass is 10.2. The van der Waals surface area contributed by atoms with Gasteiger partial charge in [-0.25, -0.2) is 9.18 Å². The van der Waals surface area contributed by atoms with Crippen molar-refractivity contribution in [2.75, 3.05) is 32.8 Å². The number of nitrogens with zero attached hydrogens (tertiary/aromatic N) is 1. The molecule has 1 fully saturated rings. The van der Waals surface area contributed by atoms with Gasteiger partial charge in [-0.1, -0.05) is 6.07 Å². The van der Waals surface area contributed by atoms with E-state index in [1.807, 2.05) is 12.1 Å². The first-order chi connectivity index (χ1) is 12.7. The molecule has 1 aliphatic heterocycles. The Balaban J connectivity index is 1.39. The van der Waals surface area contributed by atoms with E-state index in [1.165, 1.54) is 25.0 Å². The minimum Gasteiger partial charge on any atom is -0.492 e. The summed E-state index contributed by atoms with van der Waals surface area (Å²) in [5.41, 5.74) is 0. The molecule has 2 amide bonds. The number of nitrogens with one attached hydrogen (secondary N) is 2. The third kappa shape index (κ3) is 5.23. The van der Waals surface area contributed by atoms with Gasteiger partial charge in [-0.2, -0.15) is 0 Å². The summed E-state index contributed by atoms with van der Waals surface area (Å²) in [5, 5.41) is 5.63. The largest absolute Gasteiger partial charge is 0.492 e. The van der Waals surface area contributed by atoms with Gasteiger partial charge in [-0.15, -0.1) is 0 Å². The van der Waals surface area contributed by atoms with Gasteiger partial charge in [0.15, 0.2) is 0 Å². The highest BCUT2D eigenvalue weighted by Gasteiger charge is 2.25. The average molecular weight is 361 g/mol. The van der Waals surface area contributed by atoms with Crippen molar-refractivity contribution in [3.8, 4) is 5.75 Å².